The average Bonchev–Trinajstić information content (AvgIpc) is 3.05. The second-order valence-electron chi connectivity index (χ2n) is 4.39. The number of benzene rings is 1. The minimum Gasteiger partial charge on any atom is -0.495 e. The van der Waals surface area contributed by atoms with Gasteiger partial charge >= 0.3 is 0 Å². The van der Waals surface area contributed by atoms with Crippen molar-refractivity contribution >= 4 is 23.2 Å². The Labute approximate surface area is 98.1 Å². The summed E-state index contributed by atoms with van der Waals surface area (Å²) in [5, 5.41) is 0. The van der Waals surface area contributed by atoms with Gasteiger partial charge in [-0.05, 0) is 24.6 Å². The number of piperidine rings is 1. The van der Waals surface area contributed by atoms with E-state index in [1.54, 1.807) is 18.2 Å². The van der Waals surface area contributed by atoms with Gasteiger partial charge in [0, 0.05) is 5.69 Å². The molecule has 2 aliphatic rings. The fourth-order valence-corrected chi connectivity index (χ4v) is 2.30. The Morgan fingerprint density at radius 1 is 1.29 bits per heavy atom. The molecule has 1 aromatic rings. The number of methoxy groups -OCH3 is 1. The molecule has 88 valence electrons. The Morgan fingerprint density at radius 2 is 1.94 bits per heavy atom. The highest BCUT2D eigenvalue weighted by Crippen LogP contribution is 2.49. The van der Waals surface area contributed by atoms with Gasteiger partial charge in [-0.15, -0.1) is 0 Å². The lowest BCUT2D eigenvalue weighted by Crippen LogP contribution is -2.33. The fourth-order valence-electron chi connectivity index (χ4n) is 2.30. The third-order valence-electron chi connectivity index (χ3n) is 3.31. The number of hydrogen-bond donors (Lipinski definition) is 1. The van der Waals surface area contributed by atoms with Crippen LogP contribution in [0.25, 0.3) is 0 Å². The van der Waals surface area contributed by atoms with Gasteiger partial charge in [0.15, 0.2) is 0 Å². The number of imide groups is 1. The first kappa shape index (κ1) is 10.1. The molecule has 5 nitrogen and oxygen atoms in total. The Balaban J connectivity index is 2.07. The number of hydrogen-bond acceptors (Lipinski definition) is 4. The summed E-state index contributed by atoms with van der Waals surface area (Å²) in [5.74, 6) is -0.0164. The van der Waals surface area contributed by atoms with Crippen molar-refractivity contribution in [2.24, 2.45) is 11.8 Å². The van der Waals surface area contributed by atoms with Gasteiger partial charge in [-0.1, -0.05) is 0 Å². The van der Waals surface area contributed by atoms with Crippen LogP contribution in [0, 0.1) is 11.8 Å². The number of carbonyl (C=O) groups excluding carboxylic acids is 2. The molecule has 3 rings (SSSR count). The zero-order valence-corrected chi connectivity index (χ0v) is 9.34. The summed E-state index contributed by atoms with van der Waals surface area (Å²) < 4.78 is 5.16. The van der Waals surface area contributed by atoms with E-state index < -0.39 is 0 Å². The topological polar surface area (TPSA) is 72.6 Å². The molecule has 17 heavy (non-hydrogen) atoms. The lowest BCUT2D eigenvalue weighted by molar-refractivity contribution is -0.123. The smallest absolute Gasteiger partial charge is 0.237 e. The van der Waals surface area contributed by atoms with Crippen molar-refractivity contribution in [2.75, 3.05) is 17.7 Å². The lowest BCUT2D eigenvalue weighted by Gasteiger charge is -2.19. The summed E-state index contributed by atoms with van der Waals surface area (Å²) in [6.45, 7) is 0. The van der Waals surface area contributed by atoms with Crippen LogP contribution in [0.3, 0.4) is 0 Å². The van der Waals surface area contributed by atoms with Gasteiger partial charge < -0.3 is 10.5 Å². The zero-order chi connectivity index (χ0) is 12.2. The number of nitrogens with zero attached hydrogens (tertiary/aromatic N) is 1. The molecule has 0 radical (unpaired) electrons. The van der Waals surface area contributed by atoms with Gasteiger partial charge in [0.05, 0.1) is 24.6 Å². The molecule has 5 heteroatoms. The Morgan fingerprint density at radius 3 is 2.53 bits per heavy atom. The van der Waals surface area contributed by atoms with Crippen molar-refractivity contribution in [1.29, 1.82) is 0 Å². The molecule has 2 amide bonds. The first-order chi connectivity index (χ1) is 8.13. The SMILES string of the molecule is COc1ccc(N)cc1N1C(=O)C2CC2C1=O. The van der Waals surface area contributed by atoms with Crippen molar-refractivity contribution in [3.05, 3.63) is 18.2 Å². The molecule has 2 atom stereocenters. The maximum atomic E-state index is 11.9. The quantitative estimate of drug-likeness (QED) is 0.604. The summed E-state index contributed by atoms with van der Waals surface area (Å²) in [5.41, 5.74) is 6.64. The van der Waals surface area contributed by atoms with E-state index in [4.69, 9.17) is 10.5 Å². The van der Waals surface area contributed by atoms with E-state index in [0.29, 0.717) is 23.5 Å². The van der Waals surface area contributed by atoms with Gasteiger partial charge in [0.1, 0.15) is 5.75 Å². The number of fused-ring (bicyclic) bond motifs is 1. The van der Waals surface area contributed by atoms with E-state index in [1.165, 1.54) is 12.0 Å². The molecule has 2 unspecified atom stereocenters. The van der Waals surface area contributed by atoms with E-state index in [-0.39, 0.29) is 23.7 Å². The van der Waals surface area contributed by atoms with Crippen molar-refractivity contribution in [2.45, 2.75) is 6.42 Å². The highest BCUT2D eigenvalue weighted by Gasteiger charge is 2.59. The second-order valence-corrected chi connectivity index (χ2v) is 4.39. The normalized spacial score (nSPS) is 26.1. The van der Waals surface area contributed by atoms with Crippen LogP contribution in [0.2, 0.25) is 0 Å². The predicted molar refractivity (Wildman–Crippen MR) is 61.5 cm³/mol. The van der Waals surface area contributed by atoms with Crippen LogP contribution in [-0.2, 0) is 9.59 Å². The van der Waals surface area contributed by atoms with Gasteiger partial charge in [0.2, 0.25) is 11.8 Å². The molecule has 2 fully saturated rings. The van der Waals surface area contributed by atoms with Crippen molar-refractivity contribution < 1.29 is 14.3 Å². The number of amides is 2. The van der Waals surface area contributed by atoms with Crippen LogP contribution < -0.4 is 15.4 Å². The van der Waals surface area contributed by atoms with Gasteiger partial charge in [-0.3, -0.25) is 9.59 Å². The molecular weight excluding hydrogens is 220 g/mol. The van der Waals surface area contributed by atoms with Crippen LogP contribution >= 0.6 is 0 Å². The second kappa shape index (κ2) is 3.23. The zero-order valence-electron chi connectivity index (χ0n) is 9.34. The van der Waals surface area contributed by atoms with Crippen LogP contribution in [-0.4, -0.2) is 18.9 Å². The molecular formula is C12H12N2O3. The minimum atomic E-state index is -0.135. The van der Waals surface area contributed by atoms with E-state index in [9.17, 15) is 9.59 Å². The predicted octanol–water partition coefficient (Wildman–Crippen LogP) is 0.787. The maximum Gasteiger partial charge on any atom is 0.237 e. The molecule has 1 aliphatic carbocycles. The minimum absolute atomic E-state index is 0.117. The van der Waals surface area contributed by atoms with Crippen molar-refractivity contribution in [1.82, 2.24) is 0 Å². The van der Waals surface area contributed by atoms with Gasteiger partial charge in [0.25, 0.3) is 0 Å². The molecule has 0 bridgehead atoms. The Kier molecular flexibility index (Phi) is 1.92. The number of carbonyl (C=O) groups is 2. The number of anilines is 2. The van der Waals surface area contributed by atoms with E-state index >= 15 is 0 Å². The van der Waals surface area contributed by atoms with Gasteiger partial charge in [-0.25, -0.2) is 4.90 Å². The first-order valence-electron chi connectivity index (χ1n) is 5.45. The first-order valence-corrected chi connectivity index (χ1v) is 5.45. The van der Waals surface area contributed by atoms with Crippen LogP contribution in [0.5, 0.6) is 5.75 Å². The molecule has 1 aliphatic heterocycles. The average molecular weight is 232 g/mol. The molecule has 1 saturated heterocycles. The van der Waals surface area contributed by atoms with Crippen LogP contribution in [0.4, 0.5) is 11.4 Å². The molecule has 1 saturated carbocycles. The summed E-state index contributed by atoms with van der Waals surface area (Å²) in [7, 11) is 1.50. The standard InChI is InChI=1S/C12H12N2O3/c1-17-10-3-2-6(13)4-9(10)14-11(15)7-5-8(7)12(14)16/h2-4,7-8H,5,13H2,1H3. The summed E-state index contributed by atoms with van der Waals surface area (Å²) >= 11 is 0. The number of ether oxygens (including phenoxy) is 1. The largest absolute Gasteiger partial charge is 0.495 e. The third-order valence-corrected chi connectivity index (χ3v) is 3.31. The fraction of sp³-hybridized carbons (Fsp3) is 0.333. The molecule has 0 spiro atoms. The molecule has 0 aromatic heterocycles. The van der Waals surface area contributed by atoms with Crippen molar-refractivity contribution in [3.8, 4) is 5.75 Å². The van der Waals surface area contributed by atoms with Gasteiger partial charge in [-0.2, -0.15) is 0 Å². The maximum absolute atomic E-state index is 11.9. The van der Waals surface area contributed by atoms with Crippen LogP contribution in [0.15, 0.2) is 18.2 Å². The molecule has 1 aromatic carbocycles. The van der Waals surface area contributed by atoms with Crippen LogP contribution in [0.1, 0.15) is 6.42 Å². The van der Waals surface area contributed by atoms with Crippen molar-refractivity contribution in [3.63, 3.8) is 0 Å². The van der Waals surface area contributed by atoms with E-state index in [2.05, 4.69) is 0 Å². The molecule has 1 heterocycles. The summed E-state index contributed by atoms with van der Waals surface area (Å²) in [6.07, 6.45) is 0.693. The Bertz CT molecular complexity index is 506. The Hall–Kier alpha value is -2.04. The number of nitrogens with two attached hydrogens (primary N) is 1. The lowest BCUT2D eigenvalue weighted by atomic mass is 10.2. The highest BCUT2D eigenvalue weighted by molar-refractivity contribution is 6.25. The van der Waals surface area contributed by atoms with E-state index in [1.807, 2.05) is 0 Å². The highest BCUT2D eigenvalue weighted by atomic mass is 16.5. The monoisotopic (exact) mass is 232 g/mol. The third kappa shape index (κ3) is 1.32. The number of rotatable bonds is 2. The van der Waals surface area contributed by atoms with E-state index in [0.717, 1.165) is 0 Å². The summed E-state index contributed by atoms with van der Waals surface area (Å²) in [4.78, 5) is 25.1. The molecule has 2 N–H and O–H groups in total. The number of nitrogen functional groups attached to an aromatic ring is 1. The summed E-state index contributed by atoms with van der Waals surface area (Å²) in [6, 6.07) is 4.93.